The summed E-state index contributed by atoms with van der Waals surface area (Å²) in [5, 5.41) is 16.1. The summed E-state index contributed by atoms with van der Waals surface area (Å²) >= 11 is 5.28. The molecule has 8 nitrogen and oxygen atoms in total. The topological polar surface area (TPSA) is 131 Å². The average molecular weight is 443 g/mol. The lowest BCUT2D eigenvalue weighted by atomic mass is 10.0. The molecule has 1 atom stereocenters. The minimum Gasteiger partial charge on any atom is -0.488 e. The molecular weight excluding hydrogens is 420 g/mol. The van der Waals surface area contributed by atoms with Crippen molar-refractivity contribution in [1.82, 2.24) is 9.55 Å². The maximum atomic E-state index is 13.7. The molecule has 5 N–H and O–H groups in total. The lowest BCUT2D eigenvalue weighted by Gasteiger charge is -2.27. The number of hydrogen-bond acceptors (Lipinski definition) is 5. The fraction of sp³-hybridized carbons (Fsp3) is 0.421. The molecule has 0 unspecified atom stereocenters. The van der Waals surface area contributed by atoms with Crippen molar-refractivity contribution in [2.45, 2.75) is 38.1 Å². The van der Waals surface area contributed by atoms with Gasteiger partial charge in [0.15, 0.2) is 16.3 Å². The van der Waals surface area contributed by atoms with Crippen LogP contribution in [0.4, 0.5) is 8.78 Å². The van der Waals surface area contributed by atoms with Gasteiger partial charge in [-0.05, 0) is 31.2 Å². The maximum absolute atomic E-state index is 13.7. The fourth-order valence-corrected chi connectivity index (χ4v) is 3.46. The van der Waals surface area contributed by atoms with Gasteiger partial charge in [-0.1, -0.05) is 0 Å². The average Bonchev–Trinajstić information content (AvgIpc) is 3.01. The van der Waals surface area contributed by atoms with E-state index in [0.717, 1.165) is 11.8 Å². The zero-order chi connectivity index (χ0) is 22.3. The number of H-pyrrole nitrogens is 1. The van der Waals surface area contributed by atoms with Crippen LogP contribution < -0.4 is 10.5 Å². The minimum atomic E-state index is -0.948. The van der Waals surface area contributed by atoms with Crippen molar-refractivity contribution in [2.24, 2.45) is 5.73 Å². The Hall–Kier alpha value is -2.79. The van der Waals surface area contributed by atoms with Crippen LogP contribution in [0.2, 0.25) is 0 Å². The largest absolute Gasteiger partial charge is 0.488 e. The van der Waals surface area contributed by atoms with Gasteiger partial charge >= 0.3 is 11.9 Å². The number of fused-ring (bicyclic) bond motifs is 1. The van der Waals surface area contributed by atoms with Crippen molar-refractivity contribution in [1.29, 1.82) is 0 Å². The van der Waals surface area contributed by atoms with Crippen LogP contribution in [0.25, 0.3) is 0 Å². The number of carboxylic acid groups (broad SMARTS) is 2. The number of aliphatic carboxylic acids is 2. The van der Waals surface area contributed by atoms with Gasteiger partial charge in [-0.25, -0.2) is 8.78 Å². The van der Waals surface area contributed by atoms with Gasteiger partial charge in [0.05, 0.1) is 6.04 Å². The van der Waals surface area contributed by atoms with Crippen LogP contribution in [0.15, 0.2) is 18.3 Å². The van der Waals surface area contributed by atoms with Gasteiger partial charge in [0.2, 0.25) is 0 Å². The van der Waals surface area contributed by atoms with Crippen LogP contribution in [0, 0.1) is 16.4 Å². The maximum Gasteiger partial charge on any atom is 0.303 e. The number of nitrogens with two attached hydrogens (primary N) is 1. The van der Waals surface area contributed by atoms with Crippen molar-refractivity contribution < 1.29 is 33.3 Å². The summed E-state index contributed by atoms with van der Waals surface area (Å²) in [7, 11) is 0. The van der Waals surface area contributed by atoms with E-state index in [9.17, 15) is 18.4 Å². The van der Waals surface area contributed by atoms with E-state index < -0.39 is 23.6 Å². The number of aromatic nitrogens is 2. The van der Waals surface area contributed by atoms with E-state index in [2.05, 4.69) is 4.98 Å². The zero-order valence-corrected chi connectivity index (χ0v) is 16.9. The highest BCUT2D eigenvalue weighted by molar-refractivity contribution is 7.71. The summed E-state index contributed by atoms with van der Waals surface area (Å²) in [6.45, 7) is 0.791. The number of hydrogen-bond donors (Lipinski definition) is 4. The summed E-state index contributed by atoms with van der Waals surface area (Å²) in [6.07, 6.45) is 3.04. The molecule has 3 rings (SSSR count). The Bertz CT molecular complexity index is 946. The van der Waals surface area contributed by atoms with Crippen LogP contribution in [-0.4, -0.2) is 44.9 Å². The summed E-state index contributed by atoms with van der Waals surface area (Å²) < 4.78 is 35.0. The summed E-state index contributed by atoms with van der Waals surface area (Å²) in [4.78, 5) is 22.6. The zero-order valence-electron chi connectivity index (χ0n) is 16.1. The normalized spacial score (nSPS) is 14.8. The standard InChI is InChI=1S/C14H15F2N3OS.C5H8O4/c15-9-3-8-4-11(7-20-13(8)12(16)5-9)19-10(1-2-17)6-18-14(19)21;6-4(7)2-1-3-5(8)9/h3,5-6,11H,1-2,4,7,17H2,(H,18,21);1-3H2,(H,6,7)(H,8,9)/t11-;/m1./s1. The number of rotatable bonds is 7. The molecule has 0 spiro atoms. The molecule has 0 saturated heterocycles. The van der Waals surface area contributed by atoms with E-state index in [0.29, 0.717) is 36.3 Å². The van der Waals surface area contributed by atoms with Crippen molar-refractivity contribution in [2.75, 3.05) is 13.2 Å². The van der Waals surface area contributed by atoms with Gasteiger partial charge in [-0.2, -0.15) is 0 Å². The molecule has 30 heavy (non-hydrogen) atoms. The molecule has 2 aromatic rings. The molecule has 1 aliphatic rings. The molecule has 0 radical (unpaired) electrons. The molecule has 1 aromatic heterocycles. The van der Waals surface area contributed by atoms with Crippen molar-refractivity contribution in [3.05, 3.63) is 46.0 Å². The molecule has 164 valence electrons. The van der Waals surface area contributed by atoms with Crippen molar-refractivity contribution >= 4 is 24.2 Å². The Kier molecular flexibility index (Phi) is 8.48. The lowest BCUT2D eigenvalue weighted by Crippen LogP contribution is -2.27. The van der Waals surface area contributed by atoms with E-state index in [4.69, 9.17) is 32.9 Å². The van der Waals surface area contributed by atoms with Gasteiger partial charge in [-0.15, -0.1) is 0 Å². The van der Waals surface area contributed by atoms with E-state index >= 15 is 0 Å². The first-order chi connectivity index (χ1) is 14.2. The molecular formula is C19H23F2N3O5S. The van der Waals surface area contributed by atoms with Gasteiger partial charge in [0, 0.05) is 49.2 Å². The highest BCUT2D eigenvalue weighted by Gasteiger charge is 2.26. The van der Waals surface area contributed by atoms with Crippen LogP contribution in [-0.2, 0) is 22.4 Å². The number of aromatic amines is 1. The molecule has 0 saturated carbocycles. The molecule has 2 heterocycles. The highest BCUT2D eigenvalue weighted by Crippen LogP contribution is 2.33. The molecule has 1 aliphatic heterocycles. The van der Waals surface area contributed by atoms with Crippen molar-refractivity contribution in [3.63, 3.8) is 0 Å². The number of nitrogens with zero attached hydrogens (tertiary/aromatic N) is 1. The van der Waals surface area contributed by atoms with Crippen molar-refractivity contribution in [3.8, 4) is 5.75 Å². The predicted octanol–water partition coefficient (Wildman–Crippen LogP) is 2.83. The Morgan fingerprint density at radius 1 is 1.27 bits per heavy atom. The number of nitrogens with one attached hydrogen (secondary N) is 1. The number of carbonyl (C=O) groups is 2. The van der Waals surface area contributed by atoms with E-state index in [1.54, 1.807) is 0 Å². The first kappa shape index (κ1) is 23.5. The first-order valence-corrected chi connectivity index (χ1v) is 9.67. The number of imidazole rings is 1. The monoisotopic (exact) mass is 443 g/mol. The van der Waals surface area contributed by atoms with Gasteiger partial charge in [0.1, 0.15) is 12.4 Å². The summed E-state index contributed by atoms with van der Waals surface area (Å²) in [5.74, 6) is -3.03. The Labute approximate surface area is 176 Å². The predicted molar refractivity (Wildman–Crippen MR) is 106 cm³/mol. The summed E-state index contributed by atoms with van der Waals surface area (Å²) in [5.41, 5.74) is 7.08. The smallest absolute Gasteiger partial charge is 0.303 e. The molecule has 11 heteroatoms. The van der Waals surface area contributed by atoms with Gasteiger partial charge in [0.25, 0.3) is 0 Å². The van der Waals surface area contributed by atoms with Crippen LogP contribution >= 0.6 is 12.2 Å². The lowest BCUT2D eigenvalue weighted by molar-refractivity contribution is -0.138. The minimum absolute atomic E-state index is 0.0632. The van der Waals surface area contributed by atoms with E-state index in [-0.39, 0.29) is 31.1 Å². The second-order valence-electron chi connectivity index (χ2n) is 6.68. The molecule has 1 aromatic carbocycles. The number of ether oxygens (including phenoxy) is 1. The number of carboxylic acids is 2. The Morgan fingerprint density at radius 3 is 2.53 bits per heavy atom. The van der Waals surface area contributed by atoms with Crippen LogP contribution in [0.5, 0.6) is 5.75 Å². The SMILES string of the molecule is NCCc1c[nH]c(=S)n1[C@H]1COc2c(F)cc(F)cc2C1.O=C(O)CCCC(=O)O. The second kappa shape index (κ2) is 10.8. The molecule has 0 bridgehead atoms. The van der Waals surface area contributed by atoms with Gasteiger partial charge in [-0.3, -0.25) is 9.59 Å². The quantitative estimate of drug-likeness (QED) is 0.484. The first-order valence-electron chi connectivity index (χ1n) is 9.26. The number of benzene rings is 1. The molecule has 0 aliphatic carbocycles. The molecule has 0 amide bonds. The fourth-order valence-electron chi connectivity index (χ4n) is 3.13. The highest BCUT2D eigenvalue weighted by atomic mass is 32.1. The van der Waals surface area contributed by atoms with E-state index in [1.165, 1.54) is 6.07 Å². The summed E-state index contributed by atoms with van der Waals surface area (Å²) in [6, 6.07) is 2.05. The third kappa shape index (κ3) is 6.36. The van der Waals surface area contributed by atoms with Crippen LogP contribution in [0.1, 0.15) is 36.6 Å². The molecule has 0 fully saturated rings. The third-order valence-electron chi connectivity index (χ3n) is 4.40. The van der Waals surface area contributed by atoms with E-state index in [1.807, 2.05) is 10.8 Å². The second-order valence-corrected chi connectivity index (χ2v) is 7.07. The van der Waals surface area contributed by atoms with Crippen LogP contribution in [0.3, 0.4) is 0 Å². The van der Waals surface area contributed by atoms with Gasteiger partial charge < -0.3 is 30.2 Å². The third-order valence-corrected chi connectivity index (χ3v) is 4.71. The Morgan fingerprint density at radius 2 is 1.93 bits per heavy atom. The Balaban J connectivity index is 0.000000303. The number of halogens is 2.